The van der Waals surface area contributed by atoms with Gasteiger partial charge in [-0.3, -0.25) is 0 Å². The van der Waals surface area contributed by atoms with Gasteiger partial charge in [0, 0.05) is 23.3 Å². The van der Waals surface area contributed by atoms with Crippen LogP contribution in [0.15, 0.2) is 42.5 Å². The van der Waals surface area contributed by atoms with Gasteiger partial charge in [-0.15, -0.1) is 0 Å². The molecule has 196 valence electrons. The van der Waals surface area contributed by atoms with Gasteiger partial charge in [0.15, 0.2) is 0 Å². The number of carbonyl (C=O) groups excluding carboxylic acids is 1. The van der Waals surface area contributed by atoms with Crippen molar-refractivity contribution in [2.24, 2.45) is 11.8 Å². The number of rotatable bonds is 7. The smallest absolute Gasteiger partial charge is 0.317 e. The summed E-state index contributed by atoms with van der Waals surface area (Å²) in [6.07, 6.45) is 11.7. The van der Waals surface area contributed by atoms with Crippen molar-refractivity contribution >= 4 is 23.3 Å². The van der Waals surface area contributed by atoms with Gasteiger partial charge in [-0.25, -0.2) is 4.79 Å². The molecule has 2 saturated carbocycles. The molecular formula is C32H45ClN2O. The van der Waals surface area contributed by atoms with Gasteiger partial charge in [-0.2, -0.15) is 0 Å². The van der Waals surface area contributed by atoms with Gasteiger partial charge >= 0.3 is 6.03 Å². The van der Waals surface area contributed by atoms with Crippen LogP contribution in [-0.4, -0.2) is 17.0 Å². The molecular weight excluding hydrogens is 464 g/mol. The molecule has 2 fully saturated rings. The van der Waals surface area contributed by atoms with E-state index >= 15 is 0 Å². The number of carbonyl (C=O) groups is 1. The molecule has 0 atom stereocenters. The van der Waals surface area contributed by atoms with Crippen LogP contribution in [0.1, 0.15) is 114 Å². The maximum Gasteiger partial charge on any atom is 0.322 e. The first-order valence-corrected chi connectivity index (χ1v) is 14.7. The van der Waals surface area contributed by atoms with Crippen LogP contribution in [0.4, 0.5) is 10.5 Å². The zero-order valence-corrected chi connectivity index (χ0v) is 23.5. The molecule has 1 N–H and O–H groups in total. The highest BCUT2D eigenvalue weighted by atomic mass is 35.5. The zero-order valence-electron chi connectivity index (χ0n) is 22.7. The van der Waals surface area contributed by atoms with Crippen LogP contribution in [0.2, 0.25) is 5.02 Å². The van der Waals surface area contributed by atoms with E-state index in [2.05, 4.69) is 62.2 Å². The number of nitrogens with one attached hydrogen (secondary N) is 1. The standard InChI is InChI=1S/C32H45ClN2O/c1-22(2)28-14-10-15-29(23(3)4)31(28)34-32(36)35(21-26-13-8-9-16-30(26)33)27-19-17-25(18-20-27)24-11-6-5-7-12-24/h8-10,13-16,22-25,27H,5-7,11-12,17-21H2,1-4H3,(H,34,36). The second-order valence-electron chi connectivity index (χ2n) is 11.7. The van der Waals surface area contributed by atoms with E-state index in [4.69, 9.17) is 11.6 Å². The lowest BCUT2D eigenvalue weighted by Crippen LogP contribution is -2.45. The van der Waals surface area contributed by atoms with Crippen LogP contribution in [0.5, 0.6) is 0 Å². The molecule has 3 nitrogen and oxygen atoms in total. The first kappa shape index (κ1) is 27.0. The van der Waals surface area contributed by atoms with Crippen molar-refractivity contribution in [1.29, 1.82) is 0 Å². The van der Waals surface area contributed by atoms with E-state index in [0.29, 0.717) is 18.4 Å². The zero-order chi connectivity index (χ0) is 25.7. The van der Waals surface area contributed by atoms with E-state index in [9.17, 15) is 4.79 Å². The van der Waals surface area contributed by atoms with Crippen LogP contribution in [-0.2, 0) is 6.54 Å². The summed E-state index contributed by atoms with van der Waals surface area (Å²) in [7, 11) is 0. The average Bonchev–Trinajstić information content (AvgIpc) is 2.88. The molecule has 0 heterocycles. The molecule has 0 bridgehead atoms. The topological polar surface area (TPSA) is 32.3 Å². The molecule has 0 aromatic heterocycles. The lowest BCUT2D eigenvalue weighted by atomic mass is 9.72. The summed E-state index contributed by atoms with van der Waals surface area (Å²) in [5.41, 5.74) is 4.42. The molecule has 2 aromatic carbocycles. The molecule has 0 unspecified atom stereocenters. The van der Waals surface area contributed by atoms with Gasteiger partial charge in [0.2, 0.25) is 0 Å². The summed E-state index contributed by atoms with van der Waals surface area (Å²) in [4.78, 5) is 16.1. The van der Waals surface area contributed by atoms with Gasteiger partial charge < -0.3 is 10.2 Å². The molecule has 0 saturated heterocycles. The third-order valence-electron chi connectivity index (χ3n) is 8.66. The van der Waals surface area contributed by atoms with Crippen LogP contribution in [0, 0.1) is 11.8 Å². The lowest BCUT2D eigenvalue weighted by molar-refractivity contribution is 0.120. The van der Waals surface area contributed by atoms with E-state index in [-0.39, 0.29) is 12.1 Å². The van der Waals surface area contributed by atoms with E-state index < -0.39 is 0 Å². The number of hydrogen-bond acceptors (Lipinski definition) is 1. The third-order valence-corrected chi connectivity index (χ3v) is 9.03. The summed E-state index contributed by atoms with van der Waals surface area (Å²) in [5, 5.41) is 4.13. The van der Waals surface area contributed by atoms with Gasteiger partial charge in [0.25, 0.3) is 0 Å². The molecule has 0 aliphatic heterocycles. The minimum absolute atomic E-state index is 0.00559. The first-order chi connectivity index (χ1) is 17.3. The Morgan fingerprint density at radius 3 is 2.00 bits per heavy atom. The highest BCUT2D eigenvalue weighted by Crippen LogP contribution is 2.40. The first-order valence-electron chi connectivity index (χ1n) is 14.3. The average molecular weight is 509 g/mol. The Kier molecular flexibility index (Phi) is 9.39. The summed E-state index contributed by atoms with van der Waals surface area (Å²) in [6, 6.07) is 14.6. The molecule has 2 aliphatic carbocycles. The molecule has 4 rings (SSSR count). The minimum Gasteiger partial charge on any atom is -0.317 e. The molecule has 4 heteroatoms. The van der Waals surface area contributed by atoms with Crippen LogP contribution in [0.25, 0.3) is 0 Å². The van der Waals surface area contributed by atoms with Crippen LogP contribution < -0.4 is 5.32 Å². The molecule has 2 aliphatic rings. The molecule has 2 aromatic rings. The molecule has 0 radical (unpaired) electrons. The van der Waals surface area contributed by atoms with E-state index in [1.54, 1.807) is 0 Å². The van der Waals surface area contributed by atoms with Crippen molar-refractivity contribution < 1.29 is 4.79 Å². The van der Waals surface area contributed by atoms with Gasteiger partial charge in [-0.1, -0.05) is 108 Å². The number of amides is 2. The Hall–Kier alpha value is -2.00. The summed E-state index contributed by atoms with van der Waals surface area (Å²) >= 11 is 6.57. The maximum atomic E-state index is 14.0. The van der Waals surface area contributed by atoms with Crippen LogP contribution in [0.3, 0.4) is 0 Å². The Labute approximate surface area is 224 Å². The lowest BCUT2D eigenvalue weighted by Gasteiger charge is -2.40. The number of benzene rings is 2. The predicted molar refractivity (Wildman–Crippen MR) is 153 cm³/mol. The number of urea groups is 1. The summed E-state index contributed by atoms with van der Waals surface area (Å²) in [5.74, 6) is 2.40. The van der Waals surface area contributed by atoms with Crippen molar-refractivity contribution in [2.45, 2.75) is 110 Å². The number of hydrogen-bond donors (Lipinski definition) is 1. The van der Waals surface area contributed by atoms with Crippen molar-refractivity contribution in [2.75, 3.05) is 5.32 Å². The Morgan fingerprint density at radius 1 is 0.833 bits per heavy atom. The van der Waals surface area contributed by atoms with Gasteiger partial charge in [-0.05, 0) is 72.1 Å². The van der Waals surface area contributed by atoms with Crippen molar-refractivity contribution in [3.63, 3.8) is 0 Å². The SMILES string of the molecule is CC(C)c1cccc(C(C)C)c1NC(=O)N(Cc1ccccc1Cl)C1CCC(C2CCCCC2)CC1. The van der Waals surface area contributed by atoms with E-state index in [1.807, 2.05) is 18.2 Å². The highest BCUT2D eigenvalue weighted by Gasteiger charge is 2.33. The van der Waals surface area contributed by atoms with Crippen molar-refractivity contribution in [3.05, 3.63) is 64.2 Å². The monoisotopic (exact) mass is 508 g/mol. The molecule has 2 amide bonds. The summed E-state index contributed by atoms with van der Waals surface area (Å²) in [6.45, 7) is 9.34. The molecule has 36 heavy (non-hydrogen) atoms. The van der Waals surface area contributed by atoms with Crippen molar-refractivity contribution in [1.82, 2.24) is 4.90 Å². The van der Waals surface area contributed by atoms with Crippen LogP contribution >= 0.6 is 11.6 Å². The normalized spacial score (nSPS) is 21.1. The van der Waals surface area contributed by atoms with Crippen molar-refractivity contribution in [3.8, 4) is 0 Å². The molecule has 0 spiro atoms. The third kappa shape index (κ3) is 6.46. The summed E-state index contributed by atoms with van der Waals surface area (Å²) < 4.78 is 0. The fourth-order valence-electron chi connectivity index (χ4n) is 6.54. The quantitative estimate of drug-likeness (QED) is 0.396. The number of anilines is 1. The highest BCUT2D eigenvalue weighted by molar-refractivity contribution is 6.31. The largest absolute Gasteiger partial charge is 0.322 e. The number of halogens is 1. The minimum atomic E-state index is 0.00559. The second-order valence-corrected chi connectivity index (χ2v) is 12.1. The fourth-order valence-corrected chi connectivity index (χ4v) is 6.74. The number of nitrogens with zero attached hydrogens (tertiary/aromatic N) is 1. The Morgan fingerprint density at radius 2 is 1.42 bits per heavy atom. The van der Waals surface area contributed by atoms with E-state index in [1.165, 1.54) is 56.1 Å². The van der Waals surface area contributed by atoms with Gasteiger partial charge in [0.05, 0.1) is 0 Å². The maximum absolute atomic E-state index is 14.0. The second kappa shape index (κ2) is 12.5. The van der Waals surface area contributed by atoms with Gasteiger partial charge in [0.1, 0.15) is 0 Å². The fraction of sp³-hybridized carbons (Fsp3) is 0.594. The van der Waals surface area contributed by atoms with E-state index in [0.717, 1.165) is 41.0 Å². The Bertz CT molecular complexity index is 977. The Balaban J connectivity index is 1.57. The predicted octanol–water partition coefficient (Wildman–Crippen LogP) is 9.76. The number of para-hydroxylation sites is 1.